The van der Waals surface area contributed by atoms with Gasteiger partial charge in [-0.2, -0.15) is 0 Å². The zero-order valence-electron chi connectivity index (χ0n) is 13.5. The van der Waals surface area contributed by atoms with Gasteiger partial charge in [0, 0.05) is 18.4 Å². The lowest BCUT2D eigenvalue weighted by molar-refractivity contribution is -0.116. The van der Waals surface area contributed by atoms with E-state index in [-0.39, 0.29) is 10.8 Å². The predicted molar refractivity (Wildman–Crippen MR) is 102 cm³/mol. The number of hydrogen-bond acceptors (Lipinski definition) is 4. The highest BCUT2D eigenvalue weighted by atomic mass is 35.5. The van der Waals surface area contributed by atoms with Crippen molar-refractivity contribution in [3.63, 3.8) is 0 Å². The van der Waals surface area contributed by atoms with Crippen LogP contribution in [0.15, 0.2) is 52.3 Å². The molecule has 0 fully saturated rings. The molecule has 0 unspecified atom stereocenters. The topological polar surface area (TPSA) is 66.5 Å². The number of halogens is 1. The number of benzene rings is 2. The number of anilines is 2. The van der Waals surface area contributed by atoms with Crippen LogP contribution in [0, 0.1) is 0 Å². The first kappa shape index (κ1) is 18.1. The quantitative estimate of drug-likeness (QED) is 0.851. The van der Waals surface area contributed by atoms with Crippen molar-refractivity contribution in [3.05, 3.63) is 47.5 Å². The molecular formula is C17H17ClN2O3S2. The van der Waals surface area contributed by atoms with Crippen LogP contribution < -0.4 is 9.62 Å². The van der Waals surface area contributed by atoms with Gasteiger partial charge in [0.05, 0.1) is 21.3 Å². The third-order valence-electron chi connectivity index (χ3n) is 3.81. The third-order valence-corrected chi connectivity index (χ3v) is 6.66. The lowest BCUT2D eigenvalue weighted by Gasteiger charge is -2.21. The van der Waals surface area contributed by atoms with Crippen LogP contribution in [0.1, 0.15) is 13.3 Å². The second-order valence-corrected chi connectivity index (χ2v) is 8.81. The monoisotopic (exact) mass is 396 g/mol. The van der Waals surface area contributed by atoms with Crippen LogP contribution in [0.2, 0.25) is 5.02 Å². The Morgan fingerprint density at radius 3 is 2.72 bits per heavy atom. The molecule has 0 aliphatic carbocycles. The fourth-order valence-electron chi connectivity index (χ4n) is 2.60. The van der Waals surface area contributed by atoms with Gasteiger partial charge < -0.3 is 4.90 Å². The highest BCUT2D eigenvalue weighted by Crippen LogP contribution is 2.36. The fraction of sp³-hybridized carbons (Fsp3) is 0.235. The second-order valence-electron chi connectivity index (χ2n) is 5.59. The van der Waals surface area contributed by atoms with Gasteiger partial charge in [-0.25, -0.2) is 8.42 Å². The minimum Gasteiger partial charge on any atom is -0.311 e. The molecule has 0 radical (unpaired) electrons. The molecule has 132 valence electrons. The molecule has 3 rings (SSSR count). The number of nitrogens with zero attached hydrogens (tertiary/aromatic N) is 1. The fourth-order valence-corrected chi connectivity index (χ4v) is 4.91. The maximum Gasteiger partial charge on any atom is 0.262 e. The Kier molecular flexibility index (Phi) is 5.27. The van der Waals surface area contributed by atoms with Crippen LogP contribution >= 0.6 is 23.4 Å². The molecule has 0 saturated heterocycles. The number of rotatable bonds is 3. The molecule has 0 spiro atoms. The summed E-state index contributed by atoms with van der Waals surface area (Å²) in [5, 5.41) is 0.321. The van der Waals surface area contributed by atoms with E-state index in [0.717, 1.165) is 17.1 Å². The van der Waals surface area contributed by atoms with E-state index < -0.39 is 10.0 Å². The third kappa shape index (κ3) is 3.94. The van der Waals surface area contributed by atoms with Gasteiger partial charge in [-0.05, 0) is 42.5 Å². The van der Waals surface area contributed by atoms with Crippen molar-refractivity contribution in [2.24, 2.45) is 0 Å². The number of thioether (sulfide) groups is 1. The molecule has 1 amide bonds. The summed E-state index contributed by atoms with van der Waals surface area (Å²) in [5.74, 6) is 0.790. The van der Waals surface area contributed by atoms with Crippen LogP contribution in [-0.4, -0.2) is 26.6 Å². The van der Waals surface area contributed by atoms with Crippen molar-refractivity contribution < 1.29 is 13.2 Å². The van der Waals surface area contributed by atoms with Crippen LogP contribution in [0.4, 0.5) is 11.4 Å². The number of amides is 1. The summed E-state index contributed by atoms with van der Waals surface area (Å²) in [4.78, 5) is 14.6. The van der Waals surface area contributed by atoms with Gasteiger partial charge in [0.1, 0.15) is 0 Å². The first-order valence-electron chi connectivity index (χ1n) is 7.71. The summed E-state index contributed by atoms with van der Waals surface area (Å²) < 4.78 is 27.9. The van der Waals surface area contributed by atoms with Crippen molar-refractivity contribution in [2.45, 2.75) is 23.1 Å². The molecule has 2 aromatic rings. The van der Waals surface area contributed by atoms with Crippen molar-refractivity contribution in [1.82, 2.24) is 0 Å². The maximum absolute atomic E-state index is 12.7. The lowest BCUT2D eigenvalue weighted by Crippen LogP contribution is -2.29. The van der Waals surface area contributed by atoms with Crippen LogP contribution in [0.5, 0.6) is 0 Å². The summed E-state index contributed by atoms with van der Waals surface area (Å²) in [6.45, 7) is 2.07. The minimum absolute atomic E-state index is 0.0971. The van der Waals surface area contributed by atoms with Gasteiger partial charge in [0.25, 0.3) is 10.0 Å². The molecule has 0 saturated carbocycles. The second kappa shape index (κ2) is 7.27. The Hall–Kier alpha value is -1.70. The first-order valence-corrected chi connectivity index (χ1v) is 10.6. The summed E-state index contributed by atoms with van der Waals surface area (Å²) >= 11 is 7.66. The normalized spacial score (nSPS) is 14.6. The Morgan fingerprint density at radius 2 is 2.00 bits per heavy atom. The van der Waals surface area contributed by atoms with Crippen molar-refractivity contribution in [2.75, 3.05) is 21.9 Å². The van der Waals surface area contributed by atoms with E-state index in [1.54, 1.807) is 59.1 Å². The lowest BCUT2D eigenvalue weighted by atomic mass is 10.2. The number of carbonyl (C=O) groups excluding carboxylic acids is 1. The number of para-hydroxylation sites is 1. The molecule has 0 aromatic heterocycles. The Labute approximate surface area is 156 Å². The van der Waals surface area contributed by atoms with E-state index in [4.69, 9.17) is 11.6 Å². The number of fused-ring (bicyclic) bond motifs is 1. The molecule has 25 heavy (non-hydrogen) atoms. The maximum atomic E-state index is 12.7. The minimum atomic E-state index is -3.81. The average Bonchev–Trinajstić information content (AvgIpc) is 2.78. The number of nitrogens with one attached hydrogen (secondary N) is 1. The highest BCUT2D eigenvalue weighted by Gasteiger charge is 2.23. The molecule has 1 aliphatic rings. The van der Waals surface area contributed by atoms with Gasteiger partial charge in [-0.1, -0.05) is 23.7 Å². The standard InChI is InChI=1S/C17H17ClN2O3S2/c1-12(21)20-9-4-10-24-17-8-7-13(11-16(17)20)25(22,23)19-15-6-3-2-5-14(15)18/h2-3,5-8,11,19H,4,9-10H2,1H3. The van der Waals surface area contributed by atoms with Crippen LogP contribution in [0.3, 0.4) is 0 Å². The SMILES string of the molecule is CC(=O)N1CCCSc2ccc(S(=O)(=O)Nc3ccccc3Cl)cc21. The van der Waals surface area contributed by atoms with Gasteiger partial charge in [-0.15, -0.1) is 11.8 Å². The number of hydrogen-bond donors (Lipinski definition) is 1. The van der Waals surface area contributed by atoms with Crippen LogP contribution in [-0.2, 0) is 14.8 Å². The van der Waals surface area contributed by atoms with Gasteiger partial charge >= 0.3 is 0 Å². The molecular weight excluding hydrogens is 380 g/mol. The molecule has 1 N–H and O–H groups in total. The number of carbonyl (C=O) groups is 1. The Bertz CT molecular complexity index is 916. The molecule has 8 heteroatoms. The van der Waals surface area contributed by atoms with E-state index in [1.807, 2.05) is 0 Å². The molecule has 1 aliphatic heterocycles. The zero-order chi connectivity index (χ0) is 18.0. The van der Waals surface area contributed by atoms with Gasteiger partial charge in [0.2, 0.25) is 5.91 Å². The van der Waals surface area contributed by atoms with E-state index in [0.29, 0.717) is 22.9 Å². The Balaban J connectivity index is 2.00. The van der Waals surface area contributed by atoms with E-state index in [9.17, 15) is 13.2 Å². The van der Waals surface area contributed by atoms with Gasteiger partial charge in [0.15, 0.2) is 0 Å². The number of sulfonamides is 1. The van der Waals surface area contributed by atoms with E-state index in [1.165, 1.54) is 6.92 Å². The summed E-state index contributed by atoms with van der Waals surface area (Å²) in [7, 11) is -3.81. The molecule has 0 bridgehead atoms. The molecule has 2 aromatic carbocycles. The predicted octanol–water partition coefficient (Wildman–Crippen LogP) is 3.99. The van der Waals surface area contributed by atoms with Crippen molar-refractivity contribution in [1.29, 1.82) is 0 Å². The summed E-state index contributed by atoms with van der Waals surface area (Å²) in [6, 6.07) is 11.5. The largest absolute Gasteiger partial charge is 0.311 e. The summed E-state index contributed by atoms with van der Waals surface area (Å²) in [6.07, 6.45) is 0.860. The van der Waals surface area contributed by atoms with Gasteiger partial charge in [-0.3, -0.25) is 9.52 Å². The highest BCUT2D eigenvalue weighted by molar-refractivity contribution is 7.99. The van der Waals surface area contributed by atoms with Crippen LogP contribution in [0.25, 0.3) is 0 Å². The Morgan fingerprint density at radius 1 is 1.24 bits per heavy atom. The van der Waals surface area contributed by atoms with Crippen molar-refractivity contribution >= 4 is 50.7 Å². The smallest absolute Gasteiger partial charge is 0.262 e. The first-order chi connectivity index (χ1) is 11.9. The molecule has 1 heterocycles. The van der Waals surface area contributed by atoms with Crippen molar-refractivity contribution in [3.8, 4) is 0 Å². The molecule has 5 nitrogen and oxygen atoms in total. The average molecular weight is 397 g/mol. The summed E-state index contributed by atoms with van der Waals surface area (Å²) in [5.41, 5.74) is 0.953. The van der Waals surface area contributed by atoms with E-state index >= 15 is 0 Å². The zero-order valence-corrected chi connectivity index (χ0v) is 15.9. The van der Waals surface area contributed by atoms with E-state index in [2.05, 4.69) is 4.72 Å². The molecule has 0 atom stereocenters.